The van der Waals surface area contributed by atoms with E-state index in [-0.39, 0.29) is 5.91 Å². The van der Waals surface area contributed by atoms with Crippen molar-refractivity contribution in [3.63, 3.8) is 0 Å². The van der Waals surface area contributed by atoms with Gasteiger partial charge in [-0.05, 0) is 37.8 Å². The largest absolute Gasteiger partial charge is 0.497 e. The standard InChI is InChI=1S/C17H26N2O3/c1-19(13-7-5-4-6-8-13)12-17(20)18-15-11-14(21-2)9-10-16(15)22-3/h9-11,13H,4-8,12H2,1-3H3,(H,18,20)/p+1. The Morgan fingerprint density at radius 1 is 1.23 bits per heavy atom. The van der Waals surface area contributed by atoms with E-state index >= 15 is 0 Å². The summed E-state index contributed by atoms with van der Waals surface area (Å²) in [5.74, 6) is 1.35. The van der Waals surface area contributed by atoms with Crippen LogP contribution in [0.25, 0.3) is 0 Å². The summed E-state index contributed by atoms with van der Waals surface area (Å²) in [6.45, 7) is 0.477. The number of rotatable bonds is 6. The molecule has 0 saturated heterocycles. The smallest absolute Gasteiger partial charge is 0.279 e. The lowest BCUT2D eigenvalue weighted by Crippen LogP contribution is -3.14. The average molecular weight is 307 g/mol. The number of ether oxygens (including phenoxy) is 2. The van der Waals surface area contributed by atoms with Gasteiger partial charge in [-0.2, -0.15) is 0 Å². The number of hydrogen-bond donors (Lipinski definition) is 2. The molecule has 0 heterocycles. The Morgan fingerprint density at radius 2 is 1.95 bits per heavy atom. The molecule has 1 aromatic rings. The van der Waals surface area contributed by atoms with E-state index < -0.39 is 0 Å². The quantitative estimate of drug-likeness (QED) is 0.837. The molecule has 1 saturated carbocycles. The van der Waals surface area contributed by atoms with Crippen LogP contribution in [0.3, 0.4) is 0 Å². The van der Waals surface area contributed by atoms with Crippen LogP contribution in [0.4, 0.5) is 5.69 Å². The lowest BCUT2D eigenvalue weighted by molar-refractivity contribution is -0.899. The van der Waals surface area contributed by atoms with E-state index in [1.807, 2.05) is 6.07 Å². The van der Waals surface area contributed by atoms with Crippen LogP contribution in [0.5, 0.6) is 11.5 Å². The van der Waals surface area contributed by atoms with Crippen molar-refractivity contribution >= 4 is 11.6 Å². The first-order valence-electron chi connectivity index (χ1n) is 7.98. The predicted octanol–water partition coefficient (Wildman–Crippen LogP) is 1.49. The highest BCUT2D eigenvalue weighted by molar-refractivity contribution is 5.93. The zero-order valence-corrected chi connectivity index (χ0v) is 13.8. The van der Waals surface area contributed by atoms with E-state index in [9.17, 15) is 4.79 Å². The van der Waals surface area contributed by atoms with Crippen molar-refractivity contribution in [3.05, 3.63) is 18.2 Å². The van der Waals surface area contributed by atoms with Gasteiger partial charge in [-0.3, -0.25) is 4.79 Å². The molecule has 0 aliphatic heterocycles. The number of anilines is 1. The second-order valence-corrected chi connectivity index (χ2v) is 5.97. The second kappa shape index (κ2) is 8.03. The Labute approximate surface area is 132 Å². The molecule has 1 aliphatic carbocycles. The van der Waals surface area contributed by atoms with Gasteiger partial charge in [-0.25, -0.2) is 0 Å². The number of nitrogens with one attached hydrogen (secondary N) is 2. The lowest BCUT2D eigenvalue weighted by atomic mass is 9.94. The minimum Gasteiger partial charge on any atom is -0.497 e. The minimum absolute atomic E-state index is 0.00891. The molecule has 1 amide bonds. The second-order valence-electron chi connectivity index (χ2n) is 5.97. The molecular formula is C17H27N2O3+. The molecule has 1 aromatic carbocycles. The molecule has 5 heteroatoms. The Hall–Kier alpha value is -1.75. The van der Waals surface area contributed by atoms with E-state index in [1.165, 1.54) is 37.0 Å². The van der Waals surface area contributed by atoms with Crippen LogP contribution in [0.2, 0.25) is 0 Å². The maximum absolute atomic E-state index is 12.3. The fourth-order valence-electron chi connectivity index (χ4n) is 3.10. The number of hydrogen-bond acceptors (Lipinski definition) is 3. The molecule has 1 fully saturated rings. The predicted molar refractivity (Wildman–Crippen MR) is 86.8 cm³/mol. The number of methoxy groups -OCH3 is 2. The molecule has 0 radical (unpaired) electrons. The van der Waals surface area contributed by atoms with Gasteiger partial charge in [0.1, 0.15) is 11.5 Å². The summed E-state index contributed by atoms with van der Waals surface area (Å²) >= 11 is 0. The van der Waals surface area contributed by atoms with Crippen LogP contribution in [0.15, 0.2) is 18.2 Å². The molecule has 1 aliphatic rings. The molecule has 1 unspecified atom stereocenters. The maximum atomic E-state index is 12.3. The third kappa shape index (κ3) is 4.37. The topological polar surface area (TPSA) is 52.0 Å². The Balaban J connectivity index is 1.96. The molecule has 0 aromatic heterocycles. The van der Waals surface area contributed by atoms with Crippen molar-refractivity contribution in [2.75, 3.05) is 33.1 Å². The van der Waals surface area contributed by atoms with Crippen LogP contribution in [0, 0.1) is 0 Å². The van der Waals surface area contributed by atoms with Crippen LogP contribution < -0.4 is 19.7 Å². The molecule has 2 N–H and O–H groups in total. The first-order valence-corrected chi connectivity index (χ1v) is 7.98. The van der Waals surface area contributed by atoms with Crippen LogP contribution in [-0.4, -0.2) is 39.8 Å². The summed E-state index contributed by atoms with van der Waals surface area (Å²) in [6, 6.07) is 6.00. The number of likely N-dealkylation sites (N-methyl/N-ethyl adjacent to an activating group) is 1. The van der Waals surface area contributed by atoms with E-state index in [4.69, 9.17) is 9.47 Å². The molecule has 122 valence electrons. The molecule has 5 nitrogen and oxygen atoms in total. The normalized spacial score (nSPS) is 16.9. The number of amides is 1. The summed E-state index contributed by atoms with van der Waals surface area (Å²) in [7, 11) is 5.31. The van der Waals surface area contributed by atoms with E-state index in [0.29, 0.717) is 29.8 Å². The van der Waals surface area contributed by atoms with Crippen LogP contribution >= 0.6 is 0 Å². The van der Waals surface area contributed by atoms with Gasteiger partial charge in [0.2, 0.25) is 0 Å². The first kappa shape index (κ1) is 16.6. The van der Waals surface area contributed by atoms with Crippen molar-refractivity contribution in [2.45, 2.75) is 38.1 Å². The van der Waals surface area contributed by atoms with Crippen molar-refractivity contribution < 1.29 is 19.2 Å². The van der Waals surface area contributed by atoms with Gasteiger partial charge < -0.3 is 19.7 Å². The molecular weight excluding hydrogens is 280 g/mol. The third-order valence-electron chi connectivity index (χ3n) is 4.42. The van der Waals surface area contributed by atoms with Gasteiger partial charge in [0.15, 0.2) is 6.54 Å². The SMILES string of the molecule is COc1ccc(OC)c(NC(=O)C[NH+](C)C2CCCCC2)c1. The number of carbonyl (C=O) groups excluding carboxylic acids is 1. The van der Waals surface area contributed by atoms with Gasteiger partial charge in [0, 0.05) is 6.07 Å². The number of quaternary nitrogens is 1. The van der Waals surface area contributed by atoms with E-state index in [2.05, 4.69) is 12.4 Å². The van der Waals surface area contributed by atoms with Crippen molar-refractivity contribution in [2.24, 2.45) is 0 Å². The monoisotopic (exact) mass is 307 g/mol. The zero-order valence-electron chi connectivity index (χ0n) is 13.8. The van der Waals surface area contributed by atoms with Crippen molar-refractivity contribution in [3.8, 4) is 11.5 Å². The average Bonchev–Trinajstić information content (AvgIpc) is 2.55. The number of carbonyl (C=O) groups is 1. The van der Waals surface area contributed by atoms with Gasteiger partial charge in [-0.15, -0.1) is 0 Å². The molecule has 0 spiro atoms. The molecule has 1 atom stereocenters. The minimum atomic E-state index is 0.00891. The third-order valence-corrected chi connectivity index (χ3v) is 4.42. The Morgan fingerprint density at radius 3 is 2.59 bits per heavy atom. The first-order chi connectivity index (χ1) is 10.6. The van der Waals surface area contributed by atoms with Gasteiger partial charge >= 0.3 is 0 Å². The van der Waals surface area contributed by atoms with Gasteiger partial charge in [0.05, 0.1) is 33.0 Å². The highest BCUT2D eigenvalue weighted by atomic mass is 16.5. The summed E-state index contributed by atoms with van der Waals surface area (Å²) in [5, 5.41) is 2.94. The van der Waals surface area contributed by atoms with Gasteiger partial charge in [0.25, 0.3) is 5.91 Å². The molecule has 0 bridgehead atoms. The zero-order chi connectivity index (χ0) is 15.9. The van der Waals surface area contributed by atoms with Crippen LogP contribution in [0.1, 0.15) is 32.1 Å². The van der Waals surface area contributed by atoms with Crippen molar-refractivity contribution in [1.29, 1.82) is 0 Å². The summed E-state index contributed by atoms with van der Waals surface area (Å²) in [6.07, 6.45) is 6.35. The fraction of sp³-hybridized carbons (Fsp3) is 0.588. The highest BCUT2D eigenvalue weighted by Gasteiger charge is 2.23. The molecule has 22 heavy (non-hydrogen) atoms. The number of benzene rings is 1. The summed E-state index contributed by atoms with van der Waals surface area (Å²) in [4.78, 5) is 13.6. The van der Waals surface area contributed by atoms with E-state index in [0.717, 1.165) is 0 Å². The fourth-order valence-corrected chi connectivity index (χ4v) is 3.10. The highest BCUT2D eigenvalue weighted by Crippen LogP contribution is 2.28. The Kier molecular flexibility index (Phi) is 6.07. The summed E-state index contributed by atoms with van der Waals surface area (Å²) < 4.78 is 10.5. The summed E-state index contributed by atoms with van der Waals surface area (Å²) in [5.41, 5.74) is 0.656. The lowest BCUT2D eigenvalue weighted by Gasteiger charge is -2.27. The molecule has 2 rings (SSSR count). The van der Waals surface area contributed by atoms with Gasteiger partial charge in [-0.1, -0.05) is 6.42 Å². The van der Waals surface area contributed by atoms with Crippen molar-refractivity contribution in [1.82, 2.24) is 0 Å². The Bertz CT molecular complexity index is 499. The van der Waals surface area contributed by atoms with E-state index in [1.54, 1.807) is 26.4 Å². The maximum Gasteiger partial charge on any atom is 0.279 e. The van der Waals surface area contributed by atoms with Crippen LogP contribution in [-0.2, 0) is 4.79 Å².